The van der Waals surface area contributed by atoms with E-state index in [0.29, 0.717) is 25.5 Å². The predicted octanol–water partition coefficient (Wildman–Crippen LogP) is -0.342. The van der Waals surface area contributed by atoms with Gasteiger partial charge >= 0.3 is 0 Å². The summed E-state index contributed by atoms with van der Waals surface area (Å²) in [6.45, 7) is 1.71. The fourth-order valence-corrected chi connectivity index (χ4v) is 2.04. The third kappa shape index (κ3) is 2.48. The van der Waals surface area contributed by atoms with Gasteiger partial charge in [0, 0.05) is 33.0 Å². The van der Waals surface area contributed by atoms with Gasteiger partial charge in [0.25, 0.3) is 5.91 Å². The van der Waals surface area contributed by atoms with E-state index in [4.69, 9.17) is 10.5 Å². The van der Waals surface area contributed by atoms with Crippen molar-refractivity contribution in [3.8, 4) is 0 Å². The highest BCUT2D eigenvalue weighted by Crippen LogP contribution is 2.19. The molecule has 94 valence electrons. The van der Waals surface area contributed by atoms with Crippen LogP contribution in [-0.2, 0) is 11.8 Å². The Balaban J connectivity index is 2.08. The zero-order valence-electron chi connectivity index (χ0n) is 9.98. The Kier molecular flexibility index (Phi) is 3.44. The number of amides is 1. The third-order valence-electron chi connectivity index (χ3n) is 3.27. The van der Waals surface area contributed by atoms with E-state index in [9.17, 15) is 4.79 Å². The lowest BCUT2D eigenvalue weighted by Crippen LogP contribution is -2.56. The molecule has 6 heteroatoms. The van der Waals surface area contributed by atoms with Crippen LogP contribution in [0.4, 0.5) is 0 Å². The number of nitrogens with two attached hydrogens (primary N) is 1. The number of hydrogen-bond acceptors (Lipinski definition) is 4. The quantitative estimate of drug-likeness (QED) is 0.754. The van der Waals surface area contributed by atoms with Crippen LogP contribution in [0.1, 0.15) is 23.3 Å². The highest BCUT2D eigenvalue weighted by molar-refractivity contribution is 5.93. The summed E-state index contributed by atoms with van der Waals surface area (Å²) in [6.07, 6.45) is 3.12. The van der Waals surface area contributed by atoms with Crippen molar-refractivity contribution >= 4 is 5.91 Å². The molecule has 0 bridgehead atoms. The fourth-order valence-electron chi connectivity index (χ4n) is 2.04. The maximum Gasteiger partial charge on any atom is 0.270 e. The van der Waals surface area contributed by atoms with Gasteiger partial charge in [-0.05, 0) is 18.9 Å². The van der Waals surface area contributed by atoms with Crippen LogP contribution in [0.15, 0.2) is 12.3 Å². The molecule has 1 saturated heterocycles. The van der Waals surface area contributed by atoms with Gasteiger partial charge in [-0.2, -0.15) is 5.10 Å². The average molecular weight is 238 g/mol. The highest BCUT2D eigenvalue weighted by atomic mass is 16.5. The van der Waals surface area contributed by atoms with Gasteiger partial charge in [-0.3, -0.25) is 9.48 Å². The van der Waals surface area contributed by atoms with Gasteiger partial charge in [-0.15, -0.1) is 0 Å². The molecule has 1 aromatic rings. The first kappa shape index (κ1) is 12.1. The molecule has 0 radical (unpaired) electrons. The van der Waals surface area contributed by atoms with E-state index >= 15 is 0 Å². The SMILES string of the molecule is Cn1nccc1C(=O)NC1(CN)CCOCC1. The van der Waals surface area contributed by atoms with Crippen LogP contribution < -0.4 is 11.1 Å². The zero-order chi connectivity index (χ0) is 12.3. The van der Waals surface area contributed by atoms with Gasteiger partial charge in [0.05, 0.1) is 5.54 Å². The highest BCUT2D eigenvalue weighted by Gasteiger charge is 2.33. The normalized spacial score (nSPS) is 18.9. The summed E-state index contributed by atoms with van der Waals surface area (Å²) in [5, 5.41) is 7.00. The summed E-state index contributed by atoms with van der Waals surface area (Å²) in [5.74, 6) is -0.127. The number of hydrogen-bond donors (Lipinski definition) is 2. The maximum atomic E-state index is 12.1. The van der Waals surface area contributed by atoms with Gasteiger partial charge in [0.1, 0.15) is 5.69 Å². The van der Waals surface area contributed by atoms with Crippen LogP contribution >= 0.6 is 0 Å². The molecule has 17 heavy (non-hydrogen) atoms. The van der Waals surface area contributed by atoms with E-state index in [-0.39, 0.29) is 11.4 Å². The smallest absolute Gasteiger partial charge is 0.270 e. The van der Waals surface area contributed by atoms with E-state index in [1.807, 2.05) is 0 Å². The molecule has 0 aliphatic carbocycles. The summed E-state index contributed by atoms with van der Waals surface area (Å²) in [7, 11) is 1.74. The summed E-state index contributed by atoms with van der Waals surface area (Å²) in [4.78, 5) is 12.1. The third-order valence-corrected chi connectivity index (χ3v) is 3.27. The summed E-state index contributed by atoms with van der Waals surface area (Å²) in [6, 6.07) is 1.69. The van der Waals surface area contributed by atoms with Gasteiger partial charge < -0.3 is 15.8 Å². The van der Waals surface area contributed by atoms with Crippen molar-refractivity contribution in [1.29, 1.82) is 0 Å². The fraction of sp³-hybridized carbons (Fsp3) is 0.636. The Labute approximate surface area is 100 Å². The molecule has 0 spiro atoms. The number of carbonyl (C=O) groups is 1. The van der Waals surface area contributed by atoms with Crippen molar-refractivity contribution in [1.82, 2.24) is 15.1 Å². The topological polar surface area (TPSA) is 82.2 Å². The molecule has 1 fully saturated rings. The molecule has 1 amide bonds. The molecule has 0 atom stereocenters. The van der Waals surface area contributed by atoms with E-state index in [0.717, 1.165) is 12.8 Å². The van der Waals surface area contributed by atoms with Crippen LogP contribution in [0.25, 0.3) is 0 Å². The molecule has 0 unspecified atom stereocenters. The summed E-state index contributed by atoms with van der Waals surface area (Å²) < 4.78 is 6.85. The number of aryl methyl sites for hydroxylation is 1. The van der Waals surface area contributed by atoms with E-state index in [1.165, 1.54) is 0 Å². The predicted molar refractivity (Wildman–Crippen MR) is 62.5 cm³/mol. The van der Waals surface area contributed by atoms with Gasteiger partial charge in [0.15, 0.2) is 0 Å². The van der Waals surface area contributed by atoms with Crippen LogP contribution in [0.3, 0.4) is 0 Å². The lowest BCUT2D eigenvalue weighted by atomic mass is 9.90. The lowest BCUT2D eigenvalue weighted by Gasteiger charge is -2.36. The minimum Gasteiger partial charge on any atom is -0.381 e. The number of aromatic nitrogens is 2. The van der Waals surface area contributed by atoms with Crippen LogP contribution in [-0.4, -0.2) is 41.0 Å². The van der Waals surface area contributed by atoms with Crippen molar-refractivity contribution in [2.24, 2.45) is 12.8 Å². The second-order valence-electron chi connectivity index (χ2n) is 4.39. The Morgan fingerprint density at radius 2 is 2.35 bits per heavy atom. The molecule has 1 aliphatic rings. The van der Waals surface area contributed by atoms with Gasteiger partial charge in [0.2, 0.25) is 0 Å². The second-order valence-corrected chi connectivity index (χ2v) is 4.39. The van der Waals surface area contributed by atoms with Crippen molar-refractivity contribution < 1.29 is 9.53 Å². The van der Waals surface area contributed by atoms with Crippen molar-refractivity contribution in [3.63, 3.8) is 0 Å². The van der Waals surface area contributed by atoms with Crippen LogP contribution in [0.5, 0.6) is 0 Å². The Hall–Kier alpha value is -1.40. The molecular formula is C11H18N4O2. The zero-order valence-corrected chi connectivity index (χ0v) is 9.98. The van der Waals surface area contributed by atoms with Crippen molar-refractivity contribution in [2.75, 3.05) is 19.8 Å². The second kappa shape index (κ2) is 4.85. The Morgan fingerprint density at radius 3 is 2.88 bits per heavy atom. The van der Waals surface area contributed by atoms with Crippen molar-refractivity contribution in [3.05, 3.63) is 18.0 Å². The molecule has 2 heterocycles. The largest absolute Gasteiger partial charge is 0.381 e. The number of carbonyl (C=O) groups excluding carboxylic acids is 1. The van der Waals surface area contributed by atoms with Crippen LogP contribution in [0.2, 0.25) is 0 Å². The van der Waals surface area contributed by atoms with E-state index in [1.54, 1.807) is 24.0 Å². The molecule has 2 rings (SSSR count). The maximum absolute atomic E-state index is 12.1. The van der Waals surface area contributed by atoms with E-state index < -0.39 is 0 Å². The molecular weight excluding hydrogens is 220 g/mol. The first-order valence-electron chi connectivity index (χ1n) is 5.75. The van der Waals surface area contributed by atoms with Gasteiger partial charge in [-0.25, -0.2) is 0 Å². The monoisotopic (exact) mass is 238 g/mol. The minimum atomic E-state index is -0.334. The summed E-state index contributed by atoms with van der Waals surface area (Å²) >= 11 is 0. The molecule has 3 N–H and O–H groups in total. The van der Waals surface area contributed by atoms with Gasteiger partial charge in [-0.1, -0.05) is 0 Å². The first-order chi connectivity index (χ1) is 8.17. The standard InChI is InChI=1S/C11H18N4O2/c1-15-9(2-5-13-15)10(16)14-11(8-12)3-6-17-7-4-11/h2,5H,3-4,6-8,12H2,1H3,(H,14,16). The molecule has 1 aromatic heterocycles. The molecule has 0 saturated carbocycles. The average Bonchev–Trinajstić information content (AvgIpc) is 2.77. The first-order valence-corrected chi connectivity index (χ1v) is 5.75. The minimum absolute atomic E-state index is 0.127. The number of nitrogens with zero attached hydrogens (tertiary/aromatic N) is 2. The van der Waals surface area contributed by atoms with Crippen LogP contribution in [0, 0.1) is 0 Å². The molecule has 0 aromatic carbocycles. The van der Waals surface area contributed by atoms with E-state index in [2.05, 4.69) is 10.4 Å². The van der Waals surface area contributed by atoms with Crippen molar-refractivity contribution in [2.45, 2.75) is 18.4 Å². The number of nitrogens with one attached hydrogen (secondary N) is 1. The summed E-state index contributed by atoms with van der Waals surface area (Å²) in [5.41, 5.74) is 6.00. The molecule has 1 aliphatic heterocycles. The number of ether oxygens (including phenoxy) is 1. The molecule has 6 nitrogen and oxygen atoms in total. The number of rotatable bonds is 3. The lowest BCUT2D eigenvalue weighted by molar-refractivity contribution is 0.0386. The Bertz CT molecular complexity index is 396. The Morgan fingerprint density at radius 1 is 1.65 bits per heavy atom.